The van der Waals surface area contributed by atoms with Crippen LogP contribution in [0.1, 0.15) is 15.9 Å². The molecule has 2 aromatic carbocycles. The maximum absolute atomic E-state index is 12.3. The fraction of sp³-hybridized carbons (Fsp3) is 0.188. The predicted octanol–water partition coefficient (Wildman–Crippen LogP) is 2.57. The summed E-state index contributed by atoms with van der Waals surface area (Å²) < 4.78 is 29.5. The fourth-order valence-corrected chi connectivity index (χ4v) is 3.32. The maximum Gasteiger partial charge on any atom is 0.310 e. The van der Waals surface area contributed by atoms with Crippen molar-refractivity contribution in [3.8, 4) is 5.75 Å². The highest BCUT2D eigenvalue weighted by atomic mass is 32.2. The number of ketones is 1. The Morgan fingerprint density at radius 3 is 2.33 bits per heavy atom. The van der Waals surface area contributed by atoms with Gasteiger partial charge in [0.05, 0.1) is 16.9 Å². The molecule has 0 heterocycles. The number of nitrogens with zero attached hydrogens (tertiary/aromatic N) is 1. The molecule has 2 aromatic rings. The zero-order valence-electron chi connectivity index (χ0n) is 13.1. The summed E-state index contributed by atoms with van der Waals surface area (Å²) in [7, 11) is -2.56. The maximum atomic E-state index is 12.3. The van der Waals surface area contributed by atoms with E-state index in [0.29, 0.717) is 0 Å². The van der Waals surface area contributed by atoms with Crippen LogP contribution in [-0.4, -0.2) is 32.0 Å². The van der Waals surface area contributed by atoms with E-state index in [1.165, 1.54) is 31.4 Å². The van der Waals surface area contributed by atoms with Gasteiger partial charge in [0, 0.05) is 11.6 Å². The normalized spacial score (nSPS) is 11.1. The SMILES string of the molecule is COc1cc(C(=O)CS(=O)(=O)c2ccc(C)cc2)ccc1[N+](=O)[O-]. The molecule has 24 heavy (non-hydrogen) atoms. The van der Waals surface area contributed by atoms with Crippen LogP contribution >= 0.6 is 0 Å². The standard InChI is InChI=1S/C16H15NO6S/c1-11-3-6-13(7-4-11)24(21,22)10-15(18)12-5-8-14(17(19)20)16(9-12)23-2/h3-9H,10H2,1-2H3. The van der Waals surface area contributed by atoms with Crippen LogP contribution in [0.15, 0.2) is 47.4 Å². The molecule has 0 unspecified atom stereocenters. The van der Waals surface area contributed by atoms with E-state index < -0.39 is 26.3 Å². The van der Waals surface area contributed by atoms with E-state index in [2.05, 4.69) is 0 Å². The fourth-order valence-electron chi connectivity index (χ4n) is 2.09. The van der Waals surface area contributed by atoms with Gasteiger partial charge in [0.2, 0.25) is 0 Å². The summed E-state index contributed by atoms with van der Waals surface area (Å²) in [6, 6.07) is 9.67. The van der Waals surface area contributed by atoms with Crippen molar-refractivity contribution in [1.29, 1.82) is 0 Å². The van der Waals surface area contributed by atoms with Crippen molar-refractivity contribution in [3.63, 3.8) is 0 Å². The van der Waals surface area contributed by atoms with Gasteiger partial charge in [-0.25, -0.2) is 8.42 Å². The number of benzene rings is 2. The first kappa shape index (κ1) is 17.6. The van der Waals surface area contributed by atoms with Crippen molar-refractivity contribution >= 4 is 21.3 Å². The van der Waals surface area contributed by atoms with Crippen molar-refractivity contribution < 1.29 is 22.9 Å². The molecule has 0 aliphatic rings. The predicted molar refractivity (Wildman–Crippen MR) is 87.2 cm³/mol. The van der Waals surface area contributed by atoms with E-state index in [4.69, 9.17) is 4.74 Å². The number of hydrogen-bond acceptors (Lipinski definition) is 6. The van der Waals surface area contributed by atoms with E-state index in [1.54, 1.807) is 12.1 Å². The van der Waals surface area contributed by atoms with Crippen LogP contribution in [0.3, 0.4) is 0 Å². The average molecular weight is 349 g/mol. The summed E-state index contributed by atoms with van der Waals surface area (Å²) in [4.78, 5) is 22.5. The molecule has 0 bridgehead atoms. The lowest BCUT2D eigenvalue weighted by Crippen LogP contribution is -2.16. The molecule has 0 atom stereocenters. The molecule has 0 radical (unpaired) electrons. The summed E-state index contributed by atoms with van der Waals surface area (Å²) >= 11 is 0. The lowest BCUT2D eigenvalue weighted by Gasteiger charge is -2.07. The Labute approximate surface area is 139 Å². The molecule has 0 aromatic heterocycles. The third-order valence-corrected chi connectivity index (χ3v) is 5.03. The van der Waals surface area contributed by atoms with Crippen LogP contribution in [0.25, 0.3) is 0 Å². The first-order chi connectivity index (χ1) is 11.2. The molecule has 126 valence electrons. The number of nitro groups is 1. The van der Waals surface area contributed by atoms with Crippen molar-refractivity contribution in [2.75, 3.05) is 12.9 Å². The summed E-state index contributed by atoms with van der Waals surface area (Å²) in [6.45, 7) is 1.82. The summed E-state index contributed by atoms with van der Waals surface area (Å²) in [5.74, 6) is -1.49. The number of ether oxygens (including phenoxy) is 1. The van der Waals surface area contributed by atoms with E-state index in [9.17, 15) is 23.3 Å². The Kier molecular flexibility index (Phi) is 4.99. The topological polar surface area (TPSA) is 104 Å². The van der Waals surface area contributed by atoms with Gasteiger partial charge in [-0.15, -0.1) is 0 Å². The smallest absolute Gasteiger partial charge is 0.310 e. The highest BCUT2D eigenvalue weighted by molar-refractivity contribution is 7.92. The molecule has 7 nitrogen and oxygen atoms in total. The summed E-state index contributed by atoms with van der Waals surface area (Å²) in [6.07, 6.45) is 0. The second kappa shape index (κ2) is 6.79. The van der Waals surface area contributed by atoms with Crippen LogP contribution in [0.5, 0.6) is 5.75 Å². The van der Waals surface area contributed by atoms with Gasteiger partial charge >= 0.3 is 5.69 Å². The molecule has 0 amide bonds. The van der Waals surface area contributed by atoms with E-state index in [1.807, 2.05) is 6.92 Å². The number of rotatable bonds is 6. The van der Waals surface area contributed by atoms with Gasteiger partial charge in [0.15, 0.2) is 21.4 Å². The molecule has 0 aliphatic heterocycles. The lowest BCUT2D eigenvalue weighted by atomic mass is 10.1. The van der Waals surface area contributed by atoms with E-state index in [-0.39, 0.29) is 21.9 Å². The molecule has 8 heteroatoms. The number of sulfone groups is 1. The molecule has 0 fully saturated rings. The zero-order valence-corrected chi connectivity index (χ0v) is 13.9. The van der Waals surface area contributed by atoms with Crippen LogP contribution in [0.4, 0.5) is 5.69 Å². The van der Waals surface area contributed by atoms with Gasteiger partial charge in [0.25, 0.3) is 0 Å². The Bertz CT molecular complexity index is 887. The van der Waals surface area contributed by atoms with E-state index in [0.717, 1.165) is 11.6 Å². The minimum atomic E-state index is -3.79. The third kappa shape index (κ3) is 3.77. The number of carbonyl (C=O) groups is 1. The van der Waals surface area contributed by atoms with Gasteiger partial charge in [-0.1, -0.05) is 17.7 Å². The van der Waals surface area contributed by atoms with Crippen molar-refractivity contribution in [2.24, 2.45) is 0 Å². The average Bonchev–Trinajstić information content (AvgIpc) is 2.54. The zero-order chi connectivity index (χ0) is 17.9. The second-order valence-corrected chi connectivity index (χ2v) is 7.13. The Balaban J connectivity index is 2.29. The monoisotopic (exact) mass is 349 g/mol. The molecule has 0 N–H and O–H groups in total. The van der Waals surface area contributed by atoms with Gasteiger partial charge in [-0.2, -0.15) is 0 Å². The summed E-state index contributed by atoms with van der Waals surface area (Å²) in [5.41, 5.74) is 0.643. The minimum Gasteiger partial charge on any atom is -0.490 e. The minimum absolute atomic E-state index is 0.0353. The molecular weight excluding hydrogens is 334 g/mol. The number of hydrogen-bond donors (Lipinski definition) is 0. The Morgan fingerprint density at radius 1 is 1.17 bits per heavy atom. The molecule has 2 rings (SSSR count). The molecule has 0 aliphatic carbocycles. The van der Waals surface area contributed by atoms with Crippen LogP contribution in [0, 0.1) is 17.0 Å². The largest absolute Gasteiger partial charge is 0.490 e. The van der Waals surface area contributed by atoms with Gasteiger partial charge in [-0.3, -0.25) is 14.9 Å². The molecule has 0 saturated heterocycles. The molecule has 0 spiro atoms. The van der Waals surface area contributed by atoms with Crippen LogP contribution in [0.2, 0.25) is 0 Å². The highest BCUT2D eigenvalue weighted by Crippen LogP contribution is 2.28. The van der Waals surface area contributed by atoms with Gasteiger partial charge in [0.1, 0.15) is 5.75 Å². The Hall–Kier alpha value is -2.74. The number of carbonyl (C=O) groups excluding carboxylic acids is 1. The number of methoxy groups -OCH3 is 1. The number of Topliss-reactive ketones (excluding diaryl/α,β-unsaturated/α-hetero) is 1. The summed E-state index contributed by atoms with van der Waals surface area (Å²) in [5, 5.41) is 10.8. The number of aryl methyl sites for hydroxylation is 1. The van der Waals surface area contributed by atoms with Crippen LogP contribution in [-0.2, 0) is 9.84 Å². The number of nitro benzene ring substituents is 1. The lowest BCUT2D eigenvalue weighted by molar-refractivity contribution is -0.385. The first-order valence-corrected chi connectivity index (χ1v) is 8.55. The molecule has 0 saturated carbocycles. The van der Waals surface area contributed by atoms with Crippen molar-refractivity contribution in [1.82, 2.24) is 0 Å². The van der Waals surface area contributed by atoms with Crippen molar-refractivity contribution in [3.05, 3.63) is 63.7 Å². The quantitative estimate of drug-likeness (QED) is 0.451. The third-order valence-electron chi connectivity index (χ3n) is 3.40. The van der Waals surface area contributed by atoms with Crippen molar-refractivity contribution in [2.45, 2.75) is 11.8 Å². The van der Waals surface area contributed by atoms with Gasteiger partial charge in [-0.05, 0) is 31.2 Å². The van der Waals surface area contributed by atoms with E-state index >= 15 is 0 Å². The van der Waals surface area contributed by atoms with Crippen LogP contribution < -0.4 is 4.74 Å². The first-order valence-electron chi connectivity index (χ1n) is 6.89. The molecular formula is C16H15NO6S. The highest BCUT2D eigenvalue weighted by Gasteiger charge is 2.23. The Morgan fingerprint density at radius 2 is 1.79 bits per heavy atom. The second-order valence-electron chi connectivity index (χ2n) is 5.14. The van der Waals surface area contributed by atoms with Gasteiger partial charge < -0.3 is 4.74 Å².